The number of aliphatic carboxylic acids is 1. The molecule has 2 atom stereocenters. The second-order valence-corrected chi connectivity index (χ2v) is 6.54. The minimum absolute atomic E-state index is 0.0240. The molecule has 0 spiro atoms. The van der Waals surface area contributed by atoms with Crippen molar-refractivity contribution in [3.63, 3.8) is 0 Å². The number of nitrogens with two attached hydrogens (primary N) is 1. The topological polar surface area (TPSA) is 92.4 Å². The Labute approximate surface area is 120 Å². The number of carbonyl (C=O) groups is 2. The summed E-state index contributed by atoms with van der Waals surface area (Å²) in [5, 5.41) is 12.1. The van der Waals surface area contributed by atoms with Crippen molar-refractivity contribution in [3.8, 4) is 0 Å². The SMILES string of the molecule is NC1(CC(=O)NCC2CCCCC2C(=O)O)CCCC1. The minimum atomic E-state index is -0.727. The van der Waals surface area contributed by atoms with E-state index in [9.17, 15) is 14.7 Å². The van der Waals surface area contributed by atoms with Crippen molar-refractivity contribution in [3.05, 3.63) is 0 Å². The van der Waals surface area contributed by atoms with Crippen LogP contribution in [-0.2, 0) is 9.59 Å². The van der Waals surface area contributed by atoms with E-state index in [1.54, 1.807) is 0 Å². The standard InChI is InChI=1S/C15H26N2O3/c16-15(7-3-4-8-15)9-13(18)17-10-11-5-1-2-6-12(11)14(19)20/h11-12H,1-10,16H2,(H,17,18)(H,19,20). The van der Waals surface area contributed by atoms with Gasteiger partial charge in [-0.2, -0.15) is 0 Å². The van der Waals surface area contributed by atoms with Gasteiger partial charge in [-0.25, -0.2) is 0 Å². The van der Waals surface area contributed by atoms with Crippen molar-refractivity contribution in [1.29, 1.82) is 0 Å². The number of nitrogens with one attached hydrogen (secondary N) is 1. The third-order valence-corrected chi connectivity index (χ3v) is 4.90. The van der Waals surface area contributed by atoms with Gasteiger partial charge in [0.1, 0.15) is 0 Å². The maximum Gasteiger partial charge on any atom is 0.306 e. The van der Waals surface area contributed by atoms with Gasteiger partial charge in [-0.05, 0) is 31.6 Å². The third kappa shape index (κ3) is 3.95. The summed E-state index contributed by atoms with van der Waals surface area (Å²) in [5.41, 5.74) is 5.86. The first-order valence-electron chi connectivity index (χ1n) is 7.79. The smallest absolute Gasteiger partial charge is 0.306 e. The van der Waals surface area contributed by atoms with Crippen LogP contribution in [0.25, 0.3) is 0 Å². The lowest BCUT2D eigenvalue weighted by atomic mass is 9.79. The maximum absolute atomic E-state index is 12.0. The second kappa shape index (κ2) is 6.57. The number of carbonyl (C=O) groups excluding carboxylic acids is 1. The molecule has 2 rings (SSSR count). The van der Waals surface area contributed by atoms with E-state index in [-0.39, 0.29) is 23.3 Å². The van der Waals surface area contributed by atoms with Crippen molar-refractivity contribution in [1.82, 2.24) is 5.32 Å². The quantitative estimate of drug-likeness (QED) is 0.715. The molecule has 2 fully saturated rings. The lowest BCUT2D eigenvalue weighted by Gasteiger charge is -2.29. The lowest BCUT2D eigenvalue weighted by Crippen LogP contribution is -2.44. The fourth-order valence-corrected chi connectivity index (χ4v) is 3.66. The number of carboxylic acid groups (broad SMARTS) is 1. The Hall–Kier alpha value is -1.10. The molecular weight excluding hydrogens is 256 g/mol. The van der Waals surface area contributed by atoms with Crippen LogP contribution in [0.3, 0.4) is 0 Å². The average molecular weight is 282 g/mol. The Morgan fingerprint density at radius 3 is 2.45 bits per heavy atom. The Bertz CT molecular complexity index is 364. The van der Waals surface area contributed by atoms with E-state index in [1.807, 2.05) is 0 Å². The van der Waals surface area contributed by atoms with E-state index < -0.39 is 5.97 Å². The van der Waals surface area contributed by atoms with Crippen LogP contribution < -0.4 is 11.1 Å². The van der Waals surface area contributed by atoms with Gasteiger partial charge < -0.3 is 16.2 Å². The van der Waals surface area contributed by atoms with Gasteiger partial charge in [0.05, 0.1) is 5.92 Å². The molecule has 114 valence electrons. The van der Waals surface area contributed by atoms with Crippen LogP contribution in [0.5, 0.6) is 0 Å². The Kier molecular flexibility index (Phi) is 5.02. The Morgan fingerprint density at radius 2 is 1.80 bits per heavy atom. The van der Waals surface area contributed by atoms with E-state index >= 15 is 0 Å². The van der Waals surface area contributed by atoms with Crippen LogP contribution in [0, 0.1) is 11.8 Å². The van der Waals surface area contributed by atoms with Crippen LogP contribution >= 0.6 is 0 Å². The first kappa shape index (κ1) is 15.3. The predicted molar refractivity (Wildman–Crippen MR) is 76.1 cm³/mol. The summed E-state index contributed by atoms with van der Waals surface area (Å²) in [7, 11) is 0. The van der Waals surface area contributed by atoms with Crippen LogP contribution in [-0.4, -0.2) is 29.1 Å². The van der Waals surface area contributed by atoms with E-state index in [2.05, 4.69) is 5.32 Å². The van der Waals surface area contributed by atoms with Gasteiger partial charge in [0.15, 0.2) is 0 Å². The summed E-state index contributed by atoms with van der Waals surface area (Å²) in [6.45, 7) is 0.478. The molecular formula is C15H26N2O3. The number of hydrogen-bond acceptors (Lipinski definition) is 3. The first-order valence-corrected chi connectivity index (χ1v) is 7.79. The van der Waals surface area contributed by atoms with Crippen molar-refractivity contribution < 1.29 is 14.7 Å². The molecule has 0 aromatic heterocycles. The zero-order chi connectivity index (χ0) is 14.6. The van der Waals surface area contributed by atoms with Crippen LogP contribution in [0.1, 0.15) is 57.8 Å². The summed E-state index contributed by atoms with van der Waals surface area (Å²) in [6, 6.07) is 0. The molecule has 1 amide bonds. The van der Waals surface area contributed by atoms with Gasteiger partial charge in [0.25, 0.3) is 0 Å². The molecule has 2 unspecified atom stereocenters. The summed E-state index contributed by atoms with van der Waals surface area (Å²) in [6.07, 6.45) is 8.09. The third-order valence-electron chi connectivity index (χ3n) is 4.90. The average Bonchev–Trinajstić information content (AvgIpc) is 2.83. The highest BCUT2D eigenvalue weighted by Gasteiger charge is 2.33. The Morgan fingerprint density at radius 1 is 1.15 bits per heavy atom. The van der Waals surface area contributed by atoms with E-state index in [0.717, 1.165) is 51.4 Å². The van der Waals surface area contributed by atoms with Crippen LogP contribution in [0.2, 0.25) is 0 Å². The molecule has 20 heavy (non-hydrogen) atoms. The summed E-state index contributed by atoms with van der Waals surface area (Å²) in [4.78, 5) is 23.2. The second-order valence-electron chi connectivity index (χ2n) is 6.54. The molecule has 2 aliphatic rings. The molecule has 4 N–H and O–H groups in total. The van der Waals surface area contributed by atoms with Gasteiger partial charge in [-0.1, -0.05) is 25.7 Å². The number of rotatable bonds is 5. The molecule has 0 aromatic rings. The highest BCUT2D eigenvalue weighted by Crippen LogP contribution is 2.31. The van der Waals surface area contributed by atoms with Gasteiger partial charge in [0.2, 0.25) is 5.91 Å². The maximum atomic E-state index is 12.0. The van der Waals surface area contributed by atoms with Crippen LogP contribution in [0.15, 0.2) is 0 Å². The molecule has 2 aliphatic carbocycles. The zero-order valence-electron chi connectivity index (χ0n) is 12.1. The number of amides is 1. The first-order chi connectivity index (χ1) is 9.50. The molecule has 0 saturated heterocycles. The predicted octanol–water partition coefficient (Wildman–Crippen LogP) is 1.66. The van der Waals surface area contributed by atoms with E-state index in [4.69, 9.17) is 5.73 Å². The van der Waals surface area contributed by atoms with Crippen molar-refractivity contribution in [2.45, 2.75) is 63.3 Å². The van der Waals surface area contributed by atoms with Gasteiger partial charge in [-0.3, -0.25) is 9.59 Å². The monoisotopic (exact) mass is 282 g/mol. The summed E-state index contributed by atoms with van der Waals surface area (Å²) in [5.74, 6) is -0.982. The molecule has 0 aromatic carbocycles. The molecule has 2 saturated carbocycles. The van der Waals surface area contributed by atoms with Gasteiger partial charge in [0, 0.05) is 18.5 Å². The summed E-state index contributed by atoms with van der Waals surface area (Å²) < 4.78 is 0. The van der Waals surface area contributed by atoms with Crippen LogP contribution in [0.4, 0.5) is 0 Å². The van der Waals surface area contributed by atoms with Gasteiger partial charge in [-0.15, -0.1) is 0 Å². The summed E-state index contributed by atoms with van der Waals surface area (Å²) >= 11 is 0. The number of carboxylic acids is 1. The minimum Gasteiger partial charge on any atom is -0.481 e. The highest BCUT2D eigenvalue weighted by atomic mass is 16.4. The fraction of sp³-hybridized carbons (Fsp3) is 0.867. The molecule has 0 radical (unpaired) electrons. The fourth-order valence-electron chi connectivity index (χ4n) is 3.66. The van der Waals surface area contributed by atoms with Crippen molar-refractivity contribution in [2.24, 2.45) is 17.6 Å². The molecule has 5 nitrogen and oxygen atoms in total. The molecule has 0 aliphatic heterocycles. The normalized spacial score (nSPS) is 29.1. The molecule has 0 bridgehead atoms. The largest absolute Gasteiger partial charge is 0.481 e. The van der Waals surface area contributed by atoms with Crippen molar-refractivity contribution >= 4 is 11.9 Å². The van der Waals surface area contributed by atoms with Crippen molar-refractivity contribution in [2.75, 3.05) is 6.54 Å². The highest BCUT2D eigenvalue weighted by molar-refractivity contribution is 5.77. The van der Waals surface area contributed by atoms with E-state index in [0.29, 0.717) is 13.0 Å². The zero-order valence-corrected chi connectivity index (χ0v) is 12.1. The lowest BCUT2D eigenvalue weighted by molar-refractivity contribution is -0.145. The number of hydrogen-bond donors (Lipinski definition) is 3. The molecule has 0 heterocycles. The van der Waals surface area contributed by atoms with Gasteiger partial charge >= 0.3 is 5.97 Å². The van der Waals surface area contributed by atoms with E-state index in [1.165, 1.54) is 0 Å². The Balaban J connectivity index is 1.78. The molecule has 5 heteroatoms.